The summed E-state index contributed by atoms with van der Waals surface area (Å²) in [4.78, 5) is 43.3. The molecule has 4 rings (SSSR count). The smallest absolute Gasteiger partial charge is 0.244 e. The first kappa shape index (κ1) is 28.0. The topological polar surface area (TPSA) is 98.7 Å². The molecule has 1 spiro atoms. The molecular formula is C29H43N3O4S. The van der Waals surface area contributed by atoms with Crippen LogP contribution in [0.15, 0.2) is 30.3 Å². The van der Waals surface area contributed by atoms with E-state index in [9.17, 15) is 14.4 Å². The van der Waals surface area contributed by atoms with E-state index >= 15 is 0 Å². The number of rotatable bonds is 13. The molecule has 3 fully saturated rings. The van der Waals surface area contributed by atoms with Crippen LogP contribution in [0.5, 0.6) is 0 Å². The number of nitrogens with zero attached hydrogens (tertiary/aromatic N) is 1. The van der Waals surface area contributed by atoms with E-state index in [2.05, 4.69) is 24.5 Å². The third-order valence-corrected chi connectivity index (χ3v) is 10.5. The van der Waals surface area contributed by atoms with E-state index in [1.807, 2.05) is 37.3 Å². The SMILES string of the molecule is CCCC(C)NC(=O)C1N(CCCCCCO)C(=O)[C@@H]2[C@@H](C(=O)NCc3ccccc3)[C@@]3(C)CCC12S3. The van der Waals surface area contributed by atoms with Crippen LogP contribution >= 0.6 is 11.8 Å². The number of aliphatic hydroxyl groups is 1. The van der Waals surface area contributed by atoms with Gasteiger partial charge in [-0.25, -0.2) is 0 Å². The number of carbonyl (C=O) groups excluding carboxylic acids is 3. The second-order valence-corrected chi connectivity index (χ2v) is 13.2. The zero-order chi connectivity index (χ0) is 26.6. The van der Waals surface area contributed by atoms with Gasteiger partial charge in [0, 0.05) is 30.5 Å². The molecule has 3 aliphatic heterocycles. The van der Waals surface area contributed by atoms with Crippen LogP contribution in [-0.4, -0.2) is 62.5 Å². The molecule has 0 saturated carbocycles. The first-order valence-electron chi connectivity index (χ1n) is 14.0. The molecule has 37 heavy (non-hydrogen) atoms. The third-order valence-electron chi connectivity index (χ3n) is 8.53. The van der Waals surface area contributed by atoms with Gasteiger partial charge in [0.2, 0.25) is 17.7 Å². The Balaban J connectivity index is 1.58. The van der Waals surface area contributed by atoms with E-state index in [0.717, 1.165) is 56.9 Å². The van der Waals surface area contributed by atoms with Crippen LogP contribution < -0.4 is 10.6 Å². The van der Waals surface area contributed by atoms with Crippen molar-refractivity contribution in [2.45, 2.75) is 100 Å². The highest BCUT2D eigenvalue weighted by molar-refractivity contribution is 8.02. The minimum Gasteiger partial charge on any atom is -0.396 e. The van der Waals surface area contributed by atoms with Gasteiger partial charge in [-0.1, -0.05) is 56.5 Å². The first-order valence-corrected chi connectivity index (χ1v) is 14.8. The van der Waals surface area contributed by atoms with E-state index in [0.29, 0.717) is 13.1 Å². The molecular weight excluding hydrogens is 486 g/mol. The van der Waals surface area contributed by atoms with Crippen LogP contribution in [0.2, 0.25) is 0 Å². The lowest BCUT2D eigenvalue weighted by atomic mass is 9.66. The largest absolute Gasteiger partial charge is 0.396 e. The van der Waals surface area contributed by atoms with Gasteiger partial charge in [-0.3, -0.25) is 14.4 Å². The summed E-state index contributed by atoms with van der Waals surface area (Å²) in [5.74, 6) is -1.13. The molecule has 0 radical (unpaired) electrons. The summed E-state index contributed by atoms with van der Waals surface area (Å²) in [5, 5.41) is 15.4. The van der Waals surface area contributed by atoms with E-state index in [1.165, 1.54) is 0 Å². The summed E-state index contributed by atoms with van der Waals surface area (Å²) in [6.45, 7) is 7.34. The lowest BCUT2D eigenvalue weighted by Crippen LogP contribution is -2.55. The highest BCUT2D eigenvalue weighted by Gasteiger charge is 2.76. The molecule has 3 heterocycles. The second-order valence-electron chi connectivity index (χ2n) is 11.3. The molecule has 204 valence electrons. The Morgan fingerprint density at radius 2 is 1.86 bits per heavy atom. The van der Waals surface area contributed by atoms with Crippen molar-refractivity contribution in [3.8, 4) is 0 Å². The Hall–Kier alpha value is -2.06. The molecule has 1 aromatic rings. The number of thioether (sulfide) groups is 1. The fourth-order valence-corrected chi connectivity index (χ4v) is 9.19. The van der Waals surface area contributed by atoms with Gasteiger partial charge in [0.1, 0.15) is 6.04 Å². The molecule has 3 amide bonds. The van der Waals surface area contributed by atoms with Crippen molar-refractivity contribution in [3.05, 3.63) is 35.9 Å². The summed E-state index contributed by atoms with van der Waals surface area (Å²) in [7, 11) is 0. The van der Waals surface area contributed by atoms with Gasteiger partial charge in [0.05, 0.1) is 16.6 Å². The number of amides is 3. The first-order chi connectivity index (χ1) is 17.8. The summed E-state index contributed by atoms with van der Waals surface area (Å²) >= 11 is 1.72. The number of hydrogen-bond donors (Lipinski definition) is 3. The lowest BCUT2D eigenvalue weighted by Gasteiger charge is -2.35. The maximum absolute atomic E-state index is 14.1. The number of aliphatic hydroxyl groups excluding tert-OH is 1. The Kier molecular flexibility index (Phi) is 8.89. The number of unbranched alkanes of at least 4 members (excludes halogenated alkanes) is 3. The van der Waals surface area contributed by atoms with E-state index in [-0.39, 0.29) is 35.1 Å². The molecule has 3 aliphatic rings. The van der Waals surface area contributed by atoms with Crippen LogP contribution in [-0.2, 0) is 20.9 Å². The van der Waals surface area contributed by atoms with Gasteiger partial charge in [-0.2, -0.15) is 0 Å². The molecule has 3 saturated heterocycles. The monoisotopic (exact) mass is 529 g/mol. The van der Waals surface area contributed by atoms with Crippen molar-refractivity contribution < 1.29 is 19.5 Å². The van der Waals surface area contributed by atoms with Crippen molar-refractivity contribution in [1.29, 1.82) is 0 Å². The van der Waals surface area contributed by atoms with Crippen LogP contribution in [0.25, 0.3) is 0 Å². The maximum Gasteiger partial charge on any atom is 0.244 e. The minimum absolute atomic E-state index is 0.0404. The third kappa shape index (κ3) is 5.42. The van der Waals surface area contributed by atoms with Crippen molar-refractivity contribution in [1.82, 2.24) is 15.5 Å². The number of fused-ring (bicyclic) bond motifs is 1. The van der Waals surface area contributed by atoms with Gasteiger partial charge in [0.15, 0.2) is 0 Å². The normalized spacial score (nSPS) is 30.9. The summed E-state index contributed by atoms with van der Waals surface area (Å²) in [6.07, 6.45) is 6.79. The van der Waals surface area contributed by atoms with Gasteiger partial charge < -0.3 is 20.6 Å². The Morgan fingerprint density at radius 3 is 2.57 bits per heavy atom. The molecule has 8 heteroatoms. The predicted octanol–water partition coefficient (Wildman–Crippen LogP) is 3.64. The number of likely N-dealkylation sites (tertiary alicyclic amines) is 1. The number of hydrogen-bond acceptors (Lipinski definition) is 5. The summed E-state index contributed by atoms with van der Waals surface area (Å²) in [6, 6.07) is 9.30. The average Bonchev–Trinajstić information content (AvgIpc) is 3.44. The molecule has 7 nitrogen and oxygen atoms in total. The zero-order valence-electron chi connectivity index (χ0n) is 22.5. The van der Waals surface area contributed by atoms with E-state index in [4.69, 9.17) is 5.11 Å². The zero-order valence-corrected chi connectivity index (χ0v) is 23.3. The van der Waals surface area contributed by atoms with Gasteiger partial charge in [-0.15, -0.1) is 11.8 Å². The average molecular weight is 530 g/mol. The predicted molar refractivity (Wildman–Crippen MR) is 147 cm³/mol. The molecule has 1 aromatic carbocycles. The van der Waals surface area contributed by atoms with Gasteiger partial charge >= 0.3 is 0 Å². The number of carbonyl (C=O) groups is 3. The van der Waals surface area contributed by atoms with Gasteiger partial charge in [-0.05, 0) is 51.5 Å². The van der Waals surface area contributed by atoms with Gasteiger partial charge in [0.25, 0.3) is 0 Å². The molecule has 3 N–H and O–H groups in total. The van der Waals surface area contributed by atoms with Crippen molar-refractivity contribution in [3.63, 3.8) is 0 Å². The van der Waals surface area contributed by atoms with Crippen LogP contribution in [0.4, 0.5) is 0 Å². The highest BCUT2D eigenvalue weighted by atomic mass is 32.2. The minimum atomic E-state index is -0.568. The molecule has 0 aliphatic carbocycles. The number of nitrogens with one attached hydrogen (secondary N) is 2. The van der Waals surface area contributed by atoms with Crippen molar-refractivity contribution in [2.75, 3.05) is 13.2 Å². The fourth-order valence-electron chi connectivity index (χ4n) is 6.84. The van der Waals surface area contributed by atoms with Crippen LogP contribution in [0, 0.1) is 11.8 Å². The number of benzene rings is 1. The molecule has 2 bridgehead atoms. The molecule has 3 unspecified atom stereocenters. The Labute approximate surface area is 225 Å². The second kappa shape index (κ2) is 11.8. The van der Waals surface area contributed by atoms with Crippen molar-refractivity contribution >= 4 is 29.5 Å². The molecule has 0 aromatic heterocycles. The summed E-state index contributed by atoms with van der Waals surface area (Å²) < 4.78 is -0.927. The maximum atomic E-state index is 14.1. The fraction of sp³-hybridized carbons (Fsp3) is 0.690. The van der Waals surface area contributed by atoms with Crippen LogP contribution in [0.3, 0.4) is 0 Å². The summed E-state index contributed by atoms with van der Waals surface area (Å²) in [5.41, 5.74) is 1.02. The molecule has 6 atom stereocenters. The van der Waals surface area contributed by atoms with Crippen LogP contribution in [0.1, 0.15) is 77.7 Å². The van der Waals surface area contributed by atoms with E-state index < -0.39 is 22.6 Å². The van der Waals surface area contributed by atoms with Crippen molar-refractivity contribution in [2.24, 2.45) is 11.8 Å². The standard InChI is InChI=1S/C29H43N3O4S/c1-4-12-20(2)31-26(35)24-29-16-15-28(3,37-29)22(25(34)30-19-21-13-8-7-9-14-21)23(29)27(36)32(24)17-10-5-6-11-18-33/h7-9,13-14,20,22-24,33H,4-6,10-12,15-19H2,1-3H3,(H,30,34)(H,31,35)/t20?,22-,23-,24?,28+,29?/m0/s1. The Bertz CT molecular complexity index is 975. The quantitative estimate of drug-likeness (QED) is 0.339. The van der Waals surface area contributed by atoms with E-state index in [1.54, 1.807) is 16.7 Å². The highest BCUT2D eigenvalue weighted by Crippen LogP contribution is 2.71. The Morgan fingerprint density at radius 1 is 1.14 bits per heavy atom. The lowest BCUT2D eigenvalue weighted by molar-refractivity contribution is -0.140.